The SMILES string of the molecule is C[C@@H]1C(=O)C=C[C@]23C[C@H]4C[C@H](O[C@@]4(C)C2)[C@@H]13. The molecule has 1 spiro atoms. The van der Waals surface area contributed by atoms with Gasteiger partial charge in [-0.2, -0.15) is 0 Å². The highest BCUT2D eigenvalue weighted by Gasteiger charge is 2.68. The molecule has 4 fully saturated rings. The predicted octanol–water partition coefficient (Wildman–Crippen LogP) is 2.34. The average Bonchev–Trinajstić information content (AvgIpc) is 2.57. The van der Waals surface area contributed by atoms with Gasteiger partial charge >= 0.3 is 0 Å². The van der Waals surface area contributed by atoms with Gasteiger partial charge in [0.1, 0.15) is 0 Å². The molecule has 0 aromatic carbocycles. The van der Waals surface area contributed by atoms with Crippen molar-refractivity contribution in [3.8, 4) is 0 Å². The lowest BCUT2D eigenvalue weighted by atomic mass is 9.58. The number of hydrogen-bond donors (Lipinski definition) is 0. The molecule has 6 atom stereocenters. The van der Waals surface area contributed by atoms with Crippen LogP contribution in [0.25, 0.3) is 0 Å². The molecule has 16 heavy (non-hydrogen) atoms. The first-order valence-corrected chi connectivity index (χ1v) is 6.45. The Morgan fingerprint density at radius 3 is 3.06 bits per heavy atom. The maximum atomic E-state index is 11.8. The van der Waals surface area contributed by atoms with Gasteiger partial charge in [0.25, 0.3) is 0 Å². The van der Waals surface area contributed by atoms with Crippen molar-refractivity contribution in [1.29, 1.82) is 0 Å². The van der Waals surface area contributed by atoms with Crippen LogP contribution in [0.1, 0.15) is 33.1 Å². The molecule has 86 valence electrons. The van der Waals surface area contributed by atoms with Crippen molar-refractivity contribution >= 4 is 5.78 Å². The van der Waals surface area contributed by atoms with Gasteiger partial charge in [0.2, 0.25) is 0 Å². The summed E-state index contributed by atoms with van der Waals surface area (Å²) in [6.07, 6.45) is 8.00. The van der Waals surface area contributed by atoms with E-state index in [1.165, 1.54) is 12.8 Å². The van der Waals surface area contributed by atoms with E-state index in [1.807, 2.05) is 6.08 Å². The third-order valence-electron chi connectivity index (χ3n) is 5.74. The van der Waals surface area contributed by atoms with Crippen molar-refractivity contribution in [1.82, 2.24) is 0 Å². The van der Waals surface area contributed by atoms with Crippen LogP contribution in [-0.2, 0) is 9.53 Å². The Hall–Kier alpha value is -0.630. The van der Waals surface area contributed by atoms with Crippen molar-refractivity contribution in [3.05, 3.63) is 12.2 Å². The summed E-state index contributed by atoms with van der Waals surface area (Å²) in [4.78, 5) is 11.8. The third-order valence-corrected chi connectivity index (χ3v) is 5.74. The first-order valence-electron chi connectivity index (χ1n) is 6.45. The van der Waals surface area contributed by atoms with Crippen LogP contribution in [0.15, 0.2) is 12.2 Å². The molecule has 0 amide bonds. The molecule has 2 saturated heterocycles. The molecule has 2 heteroatoms. The topological polar surface area (TPSA) is 26.3 Å². The van der Waals surface area contributed by atoms with Crippen LogP contribution in [0, 0.1) is 23.2 Å². The summed E-state index contributed by atoms with van der Waals surface area (Å²) in [5.74, 6) is 1.66. The van der Waals surface area contributed by atoms with Crippen LogP contribution < -0.4 is 0 Å². The van der Waals surface area contributed by atoms with Gasteiger partial charge in [-0.1, -0.05) is 13.0 Å². The number of allylic oxidation sites excluding steroid dienone is 2. The highest BCUT2D eigenvalue weighted by atomic mass is 16.5. The number of ether oxygens (including phenoxy) is 1. The third kappa shape index (κ3) is 0.839. The van der Waals surface area contributed by atoms with Gasteiger partial charge < -0.3 is 4.74 Å². The molecule has 0 aromatic heterocycles. The minimum absolute atomic E-state index is 0.117. The molecule has 5 aliphatic rings. The van der Waals surface area contributed by atoms with Gasteiger partial charge in [0, 0.05) is 11.8 Å². The molecule has 0 unspecified atom stereocenters. The summed E-state index contributed by atoms with van der Waals surface area (Å²) in [6, 6.07) is 0. The highest BCUT2D eigenvalue weighted by molar-refractivity contribution is 5.93. The Kier molecular flexibility index (Phi) is 1.44. The van der Waals surface area contributed by atoms with Gasteiger partial charge in [-0.25, -0.2) is 0 Å². The Balaban J connectivity index is 1.87. The number of carbonyl (C=O) groups is 1. The fourth-order valence-electron chi connectivity index (χ4n) is 5.17. The molecule has 0 aromatic rings. The van der Waals surface area contributed by atoms with Crippen molar-refractivity contribution in [3.63, 3.8) is 0 Å². The van der Waals surface area contributed by atoms with E-state index in [2.05, 4.69) is 19.9 Å². The van der Waals surface area contributed by atoms with E-state index < -0.39 is 0 Å². The molecular formula is C14H18O2. The van der Waals surface area contributed by atoms with Crippen LogP contribution in [0.5, 0.6) is 0 Å². The number of carbonyl (C=O) groups excluding carboxylic acids is 1. The van der Waals surface area contributed by atoms with Gasteiger partial charge in [-0.05, 0) is 43.6 Å². The molecule has 0 radical (unpaired) electrons. The highest BCUT2D eigenvalue weighted by Crippen LogP contribution is 2.68. The van der Waals surface area contributed by atoms with Crippen molar-refractivity contribution in [2.75, 3.05) is 0 Å². The minimum Gasteiger partial charge on any atom is -0.371 e. The lowest BCUT2D eigenvalue weighted by molar-refractivity contribution is -0.148. The average molecular weight is 218 g/mol. The molecule has 2 saturated carbocycles. The summed E-state index contributed by atoms with van der Waals surface area (Å²) < 4.78 is 6.24. The van der Waals surface area contributed by atoms with Crippen LogP contribution in [0.4, 0.5) is 0 Å². The molecule has 0 N–H and O–H groups in total. The second kappa shape index (κ2) is 2.45. The molecule has 3 aliphatic carbocycles. The largest absolute Gasteiger partial charge is 0.371 e. The predicted molar refractivity (Wildman–Crippen MR) is 59.9 cm³/mol. The standard InChI is InChI=1S/C14H18O2/c1-8-10(15)3-4-14-6-9-5-11(12(8)14)16-13(9,2)7-14/h3-4,8-9,11-12H,5-7H2,1-2H3/t8-,9-,11+,12-,13+,14+/m1/s1. The Morgan fingerprint density at radius 1 is 1.50 bits per heavy atom. The fraction of sp³-hybridized carbons (Fsp3) is 0.786. The lowest BCUT2D eigenvalue weighted by Crippen LogP contribution is -2.50. The fourth-order valence-corrected chi connectivity index (χ4v) is 5.17. The van der Waals surface area contributed by atoms with Gasteiger partial charge in [0.15, 0.2) is 5.78 Å². The van der Waals surface area contributed by atoms with Gasteiger partial charge in [0.05, 0.1) is 11.7 Å². The molecule has 2 heterocycles. The van der Waals surface area contributed by atoms with Crippen LogP contribution >= 0.6 is 0 Å². The van der Waals surface area contributed by atoms with E-state index in [-0.39, 0.29) is 11.5 Å². The second-order valence-corrected chi connectivity index (χ2v) is 6.57. The lowest BCUT2D eigenvalue weighted by Gasteiger charge is -2.49. The summed E-state index contributed by atoms with van der Waals surface area (Å²) in [5, 5.41) is 0. The maximum Gasteiger partial charge on any atom is 0.158 e. The minimum atomic E-state index is 0.117. The second-order valence-electron chi connectivity index (χ2n) is 6.57. The van der Waals surface area contributed by atoms with Crippen LogP contribution in [0.2, 0.25) is 0 Å². The zero-order valence-corrected chi connectivity index (χ0v) is 9.90. The quantitative estimate of drug-likeness (QED) is 0.624. The number of rotatable bonds is 0. The number of ketones is 1. The van der Waals surface area contributed by atoms with Crippen molar-refractivity contribution in [2.24, 2.45) is 23.2 Å². The molecular weight excluding hydrogens is 200 g/mol. The molecule has 2 aliphatic heterocycles. The maximum absolute atomic E-state index is 11.8. The van der Waals surface area contributed by atoms with Crippen LogP contribution in [-0.4, -0.2) is 17.5 Å². The van der Waals surface area contributed by atoms with E-state index in [0.717, 1.165) is 12.3 Å². The monoisotopic (exact) mass is 218 g/mol. The summed E-state index contributed by atoms with van der Waals surface area (Å²) in [7, 11) is 0. The van der Waals surface area contributed by atoms with Crippen molar-refractivity contribution < 1.29 is 9.53 Å². The zero-order valence-electron chi connectivity index (χ0n) is 9.90. The molecule has 4 bridgehead atoms. The van der Waals surface area contributed by atoms with E-state index >= 15 is 0 Å². The summed E-state index contributed by atoms with van der Waals surface area (Å²) in [5.41, 5.74) is 0.416. The summed E-state index contributed by atoms with van der Waals surface area (Å²) >= 11 is 0. The number of hydrogen-bond acceptors (Lipinski definition) is 2. The van der Waals surface area contributed by atoms with E-state index in [9.17, 15) is 4.79 Å². The molecule has 2 nitrogen and oxygen atoms in total. The first kappa shape index (κ1) is 9.41. The summed E-state index contributed by atoms with van der Waals surface area (Å²) in [6.45, 7) is 4.37. The van der Waals surface area contributed by atoms with Gasteiger partial charge in [-0.3, -0.25) is 4.79 Å². The van der Waals surface area contributed by atoms with Crippen molar-refractivity contribution in [2.45, 2.75) is 44.8 Å². The normalized spacial score (nSPS) is 61.8. The van der Waals surface area contributed by atoms with E-state index in [4.69, 9.17) is 4.74 Å². The Bertz CT molecular complexity index is 413. The van der Waals surface area contributed by atoms with E-state index in [0.29, 0.717) is 23.2 Å². The van der Waals surface area contributed by atoms with Crippen LogP contribution in [0.3, 0.4) is 0 Å². The Labute approximate surface area is 96.0 Å². The Morgan fingerprint density at radius 2 is 2.31 bits per heavy atom. The van der Waals surface area contributed by atoms with E-state index in [1.54, 1.807) is 0 Å². The zero-order chi connectivity index (χ0) is 11.1. The smallest absolute Gasteiger partial charge is 0.158 e. The molecule has 5 rings (SSSR count). The van der Waals surface area contributed by atoms with Gasteiger partial charge in [-0.15, -0.1) is 0 Å². The first-order chi connectivity index (χ1) is 7.54.